The first-order valence-corrected chi connectivity index (χ1v) is 7.10. The zero-order chi connectivity index (χ0) is 17.0. The molecule has 0 aromatic heterocycles. The number of rotatable bonds is 5. The first-order chi connectivity index (χ1) is 10.9. The molecule has 0 bridgehead atoms. The molecule has 5 heteroatoms. The van der Waals surface area contributed by atoms with Crippen molar-refractivity contribution in [3.63, 3.8) is 0 Å². The van der Waals surface area contributed by atoms with Gasteiger partial charge in [0.2, 0.25) is 0 Å². The Bertz CT molecular complexity index is 749. The SMILES string of the molecule is CCOc1cc(O)c(C(=O)O)c(C=Cc2ccc(F)cc2)c1C. The van der Waals surface area contributed by atoms with Crippen LogP contribution in [0, 0.1) is 12.7 Å². The molecule has 0 atom stereocenters. The van der Waals surface area contributed by atoms with Gasteiger partial charge < -0.3 is 14.9 Å². The normalized spacial score (nSPS) is 10.9. The fourth-order valence-corrected chi connectivity index (χ4v) is 2.25. The predicted molar refractivity (Wildman–Crippen MR) is 86.3 cm³/mol. The molecule has 0 fully saturated rings. The largest absolute Gasteiger partial charge is 0.507 e. The molecule has 2 aromatic rings. The Hall–Kier alpha value is -2.82. The van der Waals surface area contributed by atoms with Crippen molar-refractivity contribution in [2.75, 3.05) is 6.61 Å². The summed E-state index contributed by atoms with van der Waals surface area (Å²) in [6.45, 7) is 3.92. The summed E-state index contributed by atoms with van der Waals surface area (Å²) in [5.41, 5.74) is 1.48. The summed E-state index contributed by atoms with van der Waals surface area (Å²) >= 11 is 0. The van der Waals surface area contributed by atoms with E-state index in [-0.39, 0.29) is 17.1 Å². The minimum Gasteiger partial charge on any atom is -0.507 e. The van der Waals surface area contributed by atoms with Crippen LogP contribution in [-0.4, -0.2) is 22.8 Å². The Balaban J connectivity index is 2.53. The molecule has 0 aliphatic carbocycles. The van der Waals surface area contributed by atoms with E-state index in [1.54, 1.807) is 38.1 Å². The van der Waals surface area contributed by atoms with Crippen LogP contribution < -0.4 is 4.74 Å². The van der Waals surface area contributed by atoms with Crippen molar-refractivity contribution < 1.29 is 24.1 Å². The molecule has 4 nitrogen and oxygen atoms in total. The predicted octanol–water partition coefficient (Wildman–Crippen LogP) is 4.11. The average Bonchev–Trinajstić information content (AvgIpc) is 2.50. The molecule has 2 N–H and O–H groups in total. The molecule has 0 amide bonds. The van der Waals surface area contributed by atoms with Gasteiger partial charge in [0, 0.05) is 6.07 Å². The van der Waals surface area contributed by atoms with Gasteiger partial charge >= 0.3 is 5.97 Å². The van der Waals surface area contributed by atoms with Crippen molar-refractivity contribution in [3.05, 3.63) is 58.4 Å². The van der Waals surface area contributed by atoms with Crippen LogP contribution in [0.3, 0.4) is 0 Å². The number of aromatic carboxylic acids is 1. The molecule has 0 aliphatic rings. The molecule has 120 valence electrons. The molecular weight excluding hydrogens is 299 g/mol. The Morgan fingerprint density at radius 1 is 1.26 bits per heavy atom. The topological polar surface area (TPSA) is 66.8 Å². The number of carbonyl (C=O) groups is 1. The monoisotopic (exact) mass is 316 g/mol. The van der Waals surface area contributed by atoms with Gasteiger partial charge in [0.25, 0.3) is 0 Å². The fraction of sp³-hybridized carbons (Fsp3) is 0.167. The van der Waals surface area contributed by atoms with Crippen LogP contribution >= 0.6 is 0 Å². The van der Waals surface area contributed by atoms with Gasteiger partial charge in [0.15, 0.2) is 0 Å². The quantitative estimate of drug-likeness (QED) is 0.815. The zero-order valence-corrected chi connectivity index (χ0v) is 12.8. The molecular formula is C18H17FO4. The second kappa shape index (κ2) is 6.96. The van der Waals surface area contributed by atoms with E-state index in [0.717, 1.165) is 0 Å². The van der Waals surface area contributed by atoms with Gasteiger partial charge in [0.1, 0.15) is 22.9 Å². The number of ether oxygens (including phenoxy) is 1. The van der Waals surface area contributed by atoms with E-state index in [9.17, 15) is 19.4 Å². The van der Waals surface area contributed by atoms with E-state index in [2.05, 4.69) is 0 Å². The summed E-state index contributed by atoms with van der Waals surface area (Å²) in [5.74, 6) is -1.51. The second-order valence-corrected chi connectivity index (χ2v) is 4.93. The van der Waals surface area contributed by atoms with Crippen molar-refractivity contribution in [1.29, 1.82) is 0 Å². The number of benzene rings is 2. The minimum absolute atomic E-state index is 0.190. The number of phenols is 1. The molecule has 23 heavy (non-hydrogen) atoms. The first-order valence-electron chi connectivity index (χ1n) is 7.10. The highest BCUT2D eigenvalue weighted by atomic mass is 19.1. The Kier molecular flexibility index (Phi) is 5.01. The van der Waals surface area contributed by atoms with E-state index in [0.29, 0.717) is 29.0 Å². The van der Waals surface area contributed by atoms with Crippen molar-refractivity contribution in [2.24, 2.45) is 0 Å². The van der Waals surface area contributed by atoms with Crippen molar-refractivity contribution in [3.8, 4) is 11.5 Å². The highest BCUT2D eigenvalue weighted by Crippen LogP contribution is 2.34. The van der Waals surface area contributed by atoms with Gasteiger partial charge in [-0.1, -0.05) is 24.3 Å². The molecule has 0 heterocycles. The van der Waals surface area contributed by atoms with E-state index < -0.39 is 5.97 Å². The molecule has 0 radical (unpaired) electrons. The number of halogens is 1. The lowest BCUT2D eigenvalue weighted by molar-refractivity contribution is 0.0693. The molecule has 2 aromatic carbocycles. The third-order valence-corrected chi connectivity index (χ3v) is 3.39. The standard InChI is InChI=1S/C18H17FO4/c1-3-23-16-10-15(20)17(18(21)22)14(11(16)2)9-6-12-4-7-13(19)8-5-12/h4-10,20H,3H2,1-2H3,(H,21,22). The highest BCUT2D eigenvalue weighted by Gasteiger charge is 2.19. The first kappa shape index (κ1) is 16.5. The smallest absolute Gasteiger partial charge is 0.340 e. The van der Waals surface area contributed by atoms with Crippen LogP contribution in [0.15, 0.2) is 30.3 Å². The maximum absolute atomic E-state index is 12.9. The average molecular weight is 316 g/mol. The number of hydrogen-bond donors (Lipinski definition) is 2. The summed E-state index contributed by atoms with van der Waals surface area (Å²) < 4.78 is 18.3. The van der Waals surface area contributed by atoms with E-state index >= 15 is 0 Å². The summed E-state index contributed by atoms with van der Waals surface area (Å²) in [4.78, 5) is 11.4. The van der Waals surface area contributed by atoms with Crippen molar-refractivity contribution >= 4 is 18.1 Å². The summed E-state index contributed by atoms with van der Waals surface area (Å²) in [7, 11) is 0. The van der Waals surface area contributed by atoms with Gasteiger partial charge in [-0.25, -0.2) is 9.18 Å². The van der Waals surface area contributed by atoms with Crippen molar-refractivity contribution in [2.45, 2.75) is 13.8 Å². The van der Waals surface area contributed by atoms with E-state index in [1.165, 1.54) is 18.2 Å². The molecule has 0 saturated carbocycles. The Morgan fingerprint density at radius 2 is 1.91 bits per heavy atom. The molecule has 0 aliphatic heterocycles. The summed E-state index contributed by atoms with van der Waals surface area (Å²) in [5, 5.41) is 19.3. The number of aromatic hydroxyl groups is 1. The highest BCUT2D eigenvalue weighted by molar-refractivity contribution is 5.97. The maximum Gasteiger partial charge on any atom is 0.340 e. The van der Waals surface area contributed by atoms with Crippen molar-refractivity contribution in [1.82, 2.24) is 0 Å². The van der Waals surface area contributed by atoms with Gasteiger partial charge in [-0.3, -0.25) is 0 Å². The summed E-state index contributed by atoms with van der Waals surface area (Å²) in [6, 6.07) is 7.09. The second-order valence-electron chi connectivity index (χ2n) is 4.93. The molecule has 0 unspecified atom stereocenters. The van der Waals surface area contributed by atoms with E-state index in [4.69, 9.17) is 4.74 Å². The third-order valence-electron chi connectivity index (χ3n) is 3.39. The Morgan fingerprint density at radius 3 is 2.48 bits per heavy atom. The minimum atomic E-state index is -1.23. The lowest BCUT2D eigenvalue weighted by Gasteiger charge is -2.14. The summed E-state index contributed by atoms with van der Waals surface area (Å²) in [6.07, 6.45) is 3.23. The van der Waals surface area contributed by atoms with Crippen LogP contribution in [0.5, 0.6) is 11.5 Å². The molecule has 2 rings (SSSR count). The van der Waals surface area contributed by atoms with E-state index in [1.807, 2.05) is 0 Å². The van der Waals surface area contributed by atoms with Gasteiger partial charge in [0.05, 0.1) is 6.61 Å². The maximum atomic E-state index is 12.9. The van der Waals surface area contributed by atoms with Crippen LogP contribution in [0.25, 0.3) is 12.2 Å². The number of carboxylic acid groups (broad SMARTS) is 1. The lowest BCUT2D eigenvalue weighted by atomic mass is 9.98. The van der Waals surface area contributed by atoms with Gasteiger partial charge in [-0.2, -0.15) is 0 Å². The van der Waals surface area contributed by atoms with Gasteiger partial charge in [-0.05, 0) is 42.7 Å². The lowest BCUT2D eigenvalue weighted by Crippen LogP contribution is -2.04. The van der Waals surface area contributed by atoms with Crippen LogP contribution in [-0.2, 0) is 0 Å². The van der Waals surface area contributed by atoms with Crippen LogP contribution in [0.2, 0.25) is 0 Å². The Labute approximate surface area is 133 Å². The fourth-order valence-electron chi connectivity index (χ4n) is 2.25. The molecule has 0 saturated heterocycles. The van der Waals surface area contributed by atoms with Crippen LogP contribution in [0.4, 0.5) is 4.39 Å². The van der Waals surface area contributed by atoms with Crippen LogP contribution in [0.1, 0.15) is 34.0 Å². The van der Waals surface area contributed by atoms with Gasteiger partial charge in [-0.15, -0.1) is 0 Å². The zero-order valence-electron chi connectivity index (χ0n) is 12.8. The number of hydrogen-bond acceptors (Lipinski definition) is 3. The third kappa shape index (κ3) is 3.69. The number of carboxylic acids is 1. The molecule has 0 spiro atoms.